The second-order valence-electron chi connectivity index (χ2n) is 5.26. The number of ether oxygens (including phenoxy) is 1. The summed E-state index contributed by atoms with van der Waals surface area (Å²) in [5.41, 5.74) is 7.49. The Morgan fingerprint density at radius 3 is 2.91 bits per heavy atom. The Morgan fingerprint density at radius 2 is 2.18 bits per heavy atom. The van der Waals surface area contributed by atoms with Crippen LogP contribution in [0, 0.1) is 0 Å². The highest BCUT2D eigenvalue weighted by Crippen LogP contribution is 2.25. The van der Waals surface area contributed by atoms with Crippen molar-refractivity contribution in [3.05, 3.63) is 23.5 Å². The number of aliphatic hydroxyl groups is 1. The maximum Gasteiger partial charge on any atom is 0.225 e. The fourth-order valence-corrected chi connectivity index (χ4v) is 2.55. The Bertz CT molecular complexity index is 671. The topological polar surface area (TPSA) is 102 Å². The molecule has 0 amide bonds. The van der Waals surface area contributed by atoms with Gasteiger partial charge in [0.2, 0.25) is 11.8 Å². The number of nitrogen functional groups attached to an aromatic ring is 1. The lowest BCUT2D eigenvalue weighted by Crippen LogP contribution is -2.34. The van der Waals surface area contributed by atoms with Crippen LogP contribution < -0.4 is 15.4 Å². The maximum absolute atomic E-state index is 9.92. The van der Waals surface area contributed by atoms with E-state index in [1.807, 2.05) is 17.7 Å². The van der Waals surface area contributed by atoms with Crippen molar-refractivity contribution in [1.82, 2.24) is 19.7 Å². The zero-order chi connectivity index (χ0) is 15.7. The summed E-state index contributed by atoms with van der Waals surface area (Å²) < 4.78 is 7.07. The van der Waals surface area contributed by atoms with Crippen LogP contribution in [0.1, 0.15) is 30.8 Å². The van der Waals surface area contributed by atoms with Crippen molar-refractivity contribution in [2.45, 2.75) is 32.5 Å². The van der Waals surface area contributed by atoms with Crippen LogP contribution >= 0.6 is 0 Å². The van der Waals surface area contributed by atoms with Gasteiger partial charge < -0.3 is 20.5 Å². The molecule has 3 rings (SSSR count). The molecule has 0 radical (unpaired) electrons. The highest BCUT2D eigenvalue weighted by atomic mass is 16.5. The Balaban J connectivity index is 1.85. The van der Waals surface area contributed by atoms with Gasteiger partial charge in [0.15, 0.2) is 0 Å². The molecule has 0 bridgehead atoms. The lowest BCUT2D eigenvalue weighted by atomic mass is 10.2. The molecule has 0 unspecified atom stereocenters. The lowest BCUT2D eigenvalue weighted by Gasteiger charge is -2.28. The summed E-state index contributed by atoms with van der Waals surface area (Å²) in [6.45, 7) is 4.09. The summed E-state index contributed by atoms with van der Waals surface area (Å²) in [6.07, 6.45) is 0.140. The highest BCUT2D eigenvalue weighted by Gasteiger charge is 2.22. The van der Waals surface area contributed by atoms with Gasteiger partial charge in [0.05, 0.1) is 37.7 Å². The zero-order valence-corrected chi connectivity index (χ0v) is 12.7. The van der Waals surface area contributed by atoms with Gasteiger partial charge in [0.25, 0.3) is 0 Å². The van der Waals surface area contributed by atoms with E-state index < -0.39 is 6.10 Å². The Hall–Kier alpha value is -2.35. The van der Waals surface area contributed by atoms with E-state index in [2.05, 4.69) is 20.0 Å². The number of anilines is 2. The van der Waals surface area contributed by atoms with Crippen LogP contribution in [0.5, 0.6) is 5.88 Å². The molecule has 8 nitrogen and oxygen atoms in total. The minimum Gasteiger partial charge on any atom is -0.481 e. The van der Waals surface area contributed by atoms with E-state index in [-0.39, 0.29) is 5.95 Å². The first-order valence-electron chi connectivity index (χ1n) is 7.29. The van der Waals surface area contributed by atoms with Crippen molar-refractivity contribution in [3.63, 3.8) is 0 Å². The number of rotatable bonds is 4. The van der Waals surface area contributed by atoms with Crippen molar-refractivity contribution in [2.75, 3.05) is 24.3 Å². The number of fused-ring (bicyclic) bond motifs is 1. The van der Waals surface area contributed by atoms with E-state index in [4.69, 9.17) is 10.5 Å². The van der Waals surface area contributed by atoms with Gasteiger partial charge >= 0.3 is 0 Å². The fraction of sp³-hybridized carbons (Fsp3) is 0.500. The molecule has 0 spiro atoms. The quantitative estimate of drug-likeness (QED) is 0.858. The summed E-state index contributed by atoms with van der Waals surface area (Å²) in [5.74, 6) is 1.37. The van der Waals surface area contributed by atoms with Crippen molar-refractivity contribution >= 4 is 11.8 Å². The van der Waals surface area contributed by atoms with Crippen LogP contribution in [-0.4, -0.2) is 38.5 Å². The van der Waals surface area contributed by atoms with Gasteiger partial charge in [-0.25, -0.2) is 0 Å². The number of aromatic nitrogens is 4. The Morgan fingerprint density at radius 1 is 1.36 bits per heavy atom. The predicted octanol–water partition coefficient (Wildman–Crippen LogP) is 0.727. The van der Waals surface area contributed by atoms with E-state index in [9.17, 15) is 5.11 Å². The van der Waals surface area contributed by atoms with Crippen LogP contribution in [0.3, 0.4) is 0 Å². The van der Waals surface area contributed by atoms with Crippen LogP contribution in [0.25, 0.3) is 0 Å². The molecular weight excluding hydrogens is 284 g/mol. The van der Waals surface area contributed by atoms with Crippen molar-refractivity contribution in [2.24, 2.45) is 0 Å². The molecule has 1 aliphatic heterocycles. The normalized spacial score (nSPS) is 15.5. The van der Waals surface area contributed by atoms with E-state index >= 15 is 0 Å². The van der Waals surface area contributed by atoms with Gasteiger partial charge in [0, 0.05) is 12.6 Å². The molecule has 3 N–H and O–H groups in total. The molecule has 2 aromatic rings. The first-order valence-corrected chi connectivity index (χ1v) is 7.29. The Kier molecular flexibility index (Phi) is 3.84. The van der Waals surface area contributed by atoms with Crippen molar-refractivity contribution in [3.8, 4) is 5.88 Å². The standard InChI is InChI=1S/C14H20N6O2/c1-3-11(21)10-6-9-8-19(4-5-20(9)18-10)12-7-13(22-2)17-14(15)16-12/h6-7,11,21H,3-5,8H2,1-2H3,(H2,15,16,17)/t11-/m0/s1. The summed E-state index contributed by atoms with van der Waals surface area (Å²) in [4.78, 5) is 10.4. The summed E-state index contributed by atoms with van der Waals surface area (Å²) in [6, 6.07) is 3.71. The van der Waals surface area contributed by atoms with Gasteiger partial charge in [-0.1, -0.05) is 6.92 Å². The molecule has 1 aliphatic rings. The fourth-order valence-electron chi connectivity index (χ4n) is 2.55. The summed E-state index contributed by atoms with van der Waals surface area (Å²) >= 11 is 0. The average Bonchev–Trinajstić information content (AvgIpc) is 2.96. The molecule has 0 saturated heterocycles. The van der Waals surface area contributed by atoms with E-state index in [0.717, 1.165) is 30.3 Å². The number of aliphatic hydroxyl groups excluding tert-OH is 1. The SMILES string of the molecule is CC[C@H](O)c1cc2n(n1)CCN(c1cc(OC)nc(N)n1)C2. The number of nitrogens with zero attached hydrogens (tertiary/aromatic N) is 5. The van der Waals surface area contributed by atoms with Gasteiger partial charge in [-0.3, -0.25) is 4.68 Å². The number of hydrogen-bond donors (Lipinski definition) is 2. The zero-order valence-electron chi connectivity index (χ0n) is 12.7. The van der Waals surface area contributed by atoms with E-state index in [1.165, 1.54) is 0 Å². The molecular formula is C14H20N6O2. The molecule has 0 aliphatic carbocycles. The van der Waals surface area contributed by atoms with Crippen LogP contribution in [0.15, 0.2) is 12.1 Å². The van der Waals surface area contributed by atoms with E-state index in [0.29, 0.717) is 18.8 Å². The number of nitrogens with two attached hydrogens (primary N) is 1. The number of methoxy groups -OCH3 is 1. The van der Waals surface area contributed by atoms with Crippen LogP contribution in [0.2, 0.25) is 0 Å². The first-order chi connectivity index (χ1) is 10.6. The molecule has 0 fully saturated rings. The highest BCUT2D eigenvalue weighted by molar-refractivity contribution is 5.46. The van der Waals surface area contributed by atoms with Crippen molar-refractivity contribution in [1.29, 1.82) is 0 Å². The molecule has 8 heteroatoms. The third-order valence-electron chi connectivity index (χ3n) is 3.78. The third-order valence-corrected chi connectivity index (χ3v) is 3.78. The molecule has 0 saturated carbocycles. The molecule has 1 atom stereocenters. The molecule has 118 valence electrons. The molecule has 22 heavy (non-hydrogen) atoms. The van der Waals surface area contributed by atoms with Gasteiger partial charge in [-0.15, -0.1) is 0 Å². The van der Waals surface area contributed by atoms with Gasteiger partial charge in [-0.2, -0.15) is 15.1 Å². The van der Waals surface area contributed by atoms with Gasteiger partial charge in [-0.05, 0) is 12.5 Å². The molecule has 0 aromatic carbocycles. The minimum absolute atomic E-state index is 0.190. The van der Waals surface area contributed by atoms with Crippen LogP contribution in [0.4, 0.5) is 11.8 Å². The third kappa shape index (κ3) is 2.69. The molecule has 2 aromatic heterocycles. The average molecular weight is 304 g/mol. The summed E-state index contributed by atoms with van der Waals surface area (Å²) in [7, 11) is 1.55. The predicted molar refractivity (Wildman–Crippen MR) is 81.5 cm³/mol. The van der Waals surface area contributed by atoms with Crippen molar-refractivity contribution < 1.29 is 9.84 Å². The smallest absolute Gasteiger partial charge is 0.225 e. The van der Waals surface area contributed by atoms with Gasteiger partial charge in [0.1, 0.15) is 5.82 Å². The molecule has 3 heterocycles. The minimum atomic E-state index is -0.513. The number of hydrogen-bond acceptors (Lipinski definition) is 7. The summed E-state index contributed by atoms with van der Waals surface area (Å²) in [5, 5.41) is 14.4. The second kappa shape index (κ2) is 5.80. The van der Waals surface area contributed by atoms with E-state index in [1.54, 1.807) is 13.2 Å². The lowest BCUT2D eigenvalue weighted by molar-refractivity contribution is 0.168. The first kappa shape index (κ1) is 14.6. The Labute approximate surface area is 128 Å². The van der Waals surface area contributed by atoms with Crippen LogP contribution in [-0.2, 0) is 13.1 Å². The maximum atomic E-state index is 9.92. The monoisotopic (exact) mass is 304 g/mol. The second-order valence-corrected chi connectivity index (χ2v) is 5.26. The largest absolute Gasteiger partial charge is 0.481 e.